The fourth-order valence-electron chi connectivity index (χ4n) is 3.24. The van der Waals surface area contributed by atoms with E-state index >= 15 is 0 Å². The molecular weight excluding hydrogens is 327 g/mol. The molecule has 1 aromatic carbocycles. The van der Waals surface area contributed by atoms with E-state index in [-0.39, 0.29) is 23.8 Å². The molecule has 1 N–H and O–H groups in total. The van der Waals surface area contributed by atoms with Gasteiger partial charge in [0, 0.05) is 41.5 Å². The second-order valence-corrected chi connectivity index (χ2v) is 6.40. The molecule has 0 saturated carbocycles. The summed E-state index contributed by atoms with van der Waals surface area (Å²) in [6.07, 6.45) is -3.86. The van der Waals surface area contributed by atoms with Crippen molar-refractivity contribution in [2.24, 2.45) is 0 Å². The molecule has 0 radical (unpaired) electrons. The number of piperazine rings is 1. The van der Waals surface area contributed by atoms with Gasteiger partial charge in [0.05, 0.1) is 16.8 Å². The number of nitrogens with one attached hydrogen (secondary N) is 1. The molecule has 0 aliphatic carbocycles. The highest BCUT2D eigenvalue weighted by Crippen LogP contribution is 2.35. The van der Waals surface area contributed by atoms with Gasteiger partial charge in [-0.3, -0.25) is 9.80 Å². The normalized spacial score (nSPS) is 34.7. The minimum Gasteiger partial charge on any atom is -0.312 e. The van der Waals surface area contributed by atoms with Gasteiger partial charge in [-0.2, -0.15) is 13.2 Å². The van der Waals surface area contributed by atoms with Crippen LogP contribution in [0.15, 0.2) is 18.2 Å². The third-order valence-electron chi connectivity index (χ3n) is 4.38. The van der Waals surface area contributed by atoms with Gasteiger partial charge in [0.25, 0.3) is 0 Å². The van der Waals surface area contributed by atoms with E-state index in [1.807, 2.05) is 11.8 Å². The molecule has 0 aromatic heterocycles. The van der Waals surface area contributed by atoms with E-state index in [9.17, 15) is 13.2 Å². The lowest BCUT2D eigenvalue weighted by molar-refractivity contribution is -0.137. The Morgan fingerprint density at radius 3 is 2.91 bits per heavy atom. The Bertz CT molecular complexity index is 631. The number of halogens is 4. The number of rotatable bonds is 2. The predicted octanol–water partition coefficient (Wildman–Crippen LogP) is 3.18. The fourth-order valence-corrected chi connectivity index (χ4v) is 3.55. The number of benzene rings is 1. The Balaban J connectivity index is 1.78. The third-order valence-corrected chi connectivity index (χ3v) is 4.69. The lowest BCUT2D eigenvalue weighted by atomic mass is 10.1. The maximum absolute atomic E-state index is 12.8. The van der Waals surface area contributed by atoms with Crippen LogP contribution in [0.1, 0.15) is 27.2 Å². The molecule has 2 fully saturated rings. The van der Waals surface area contributed by atoms with Crippen molar-refractivity contribution in [2.75, 3.05) is 26.1 Å². The van der Waals surface area contributed by atoms with Gasteiger partial charge < -0.3 is 5.32 Å². The third kappa shape index (κ3) is 3.65. The zero-order chi connectivity index (χ0) is 18.4. The van der Waals surface area contributed by atoms with Crippen molar-refractivity contribution in [1.82, 2.24) is 15.1 Å². The van der Waals surface area contributed by atoms with Crippen molar-refractivity contribution in [3.8, 4) is 0 Å². The highest BCUT2D eigenvalue weighted by Gasteiger charge is 2.35. The van der Waals surface area contributed by atoms with E-state index in [2.05, 4.69) is 10.2 Å². The summed E-state index contributed by atoms with van der Waals surface area (Å²) < 4.78 is 54.8. The van der Waals surface area contributed by atoms with Crippen LogP contribution in [0.25, 0.3) is 0 Å². The van der Waals surface area contributed by atoms with Gasteiger partial charge in [0.15, 0.2) is 0 Å². The molecule has 23 heavy (non-hydrogen) atoms. The average molecular weight is 350 g/mol. The first-order valence-electron chi connectivity index (χ1n) is 8.79. The molecule has 0 spiro atoms. The molecule has 2 aliphatic heterocycles. The van der Waals surface area contributed by atoms with Crippen LogP contribution < -0.4 is 5.32 Å². The predicted molar refractivity (Wildman–Crippen MR) is 84.3 cm³/mol. The standard InChI is InChI=1S/C16H21ClF3N3/c1-11-8-21-9-15-22(5-2-6-23(11)15)10-12-3-4-13(14(17)7-12)16(18,19)20/h3-4,7,11,15,21H,2,5-6,8-10H2,1H3/i6D,8D. The molecule has 2 heterocycles. The molecule has 1 aromatic rings. The number of hydrogen-bond acceptors (Lipinski definition) is 3. The number of alkyl halides is 3. The van der Waals surface area contributed by atoms with Crippen LogP contribution in [0, 0.1) is 0 Å². The number of hydrogen-bond donors (Lipinski definition) is 1. The maximum atomic E-state index is 12.8. The number of nitrogens with zero attached hydrogens (tertiary/aromatic N) is 2. The Morgan fingerprint density at radius 1 is 1.43 bits per heavy atom. The zero-order valence-electron chi connectivity index (χ0n) is 14.8. The van der Waals surface area contributed by atoms with Crippen LogP contribution >= 0.6 is 11.6 Å². The summed E-state index contributed by atoms with van der Waals surface area (Å²) in [6.45, 7) is 2.83. The molecule has 128 valence electrons. The second-order valence-electron chi connectivity index (χ2n) is 6.00. The quantitative estimate of drug-likeness (QED) is 0.884. The van der Waals surface area contributed by atoms with Crippen LogP contribution in [0.4, 0.5) is 13.2 Å². The molecule has 0 amide bonds. The summed E-state index contributed by atoms with van der Waals surface area (Å²) in [5, 5.41) is 2.84. The van der Waals surface area contributed by atoms with Crippen LogP contribution in [0.3, 0.4) is 0 Å². The van der Waals surface area contributed by atoms with Crippen molar-refractivity contribution in [1.29, 1.82) is 0 Å². The van der Waals surface area contributed by atoms with Crippen molar-refractivity contribution < 1.29 is 15.9 Å². The first-order chi connectivity index (χ1) is 11.7. The van der Waals surface area contributed by atoms with Gasteiger partial charge in [0.2, 0.25) is 0 Å². The summed E-state index contributed by atoms with van der Waals surface area (Å²) in [4.78, 5) is 4.16. The molecule has 4 atom stereocenters. The molecule has 0 bridgehead atoms. The van der Waals surface area contributed by atoms with E-state index < -0.39 is 18.3 Å². The van der Waals surface area contributed by atoms with Crippen LogP contribution in [0.5, 0.6) is 0 Å². The highest BCUT2D eigenvalue weighted by molar-refractivity contribution is 6.31. The minimum absolute atomic E-state index is 0.0473. The van der Waals surface area contributed by atoms with Gasteiger partial charge in [-0.1, -0.05) is 17.7 Å². The van der Waals surface area contributed by atoms with Crippen molar-refractivity contribution >= 4 is 11.6 Å². The van der Waals surface area contributed by atoms with Crippen molar-refractivity contribution in [3.63, 3.8) is 0 Å². The summed E-state index contributed by atoms with van der Waals surface area (Å²) >= 11 is 5.82. The number of fused-ring (bicyclic) bond motifs is 1. The summed E-state index contributed by atoms with van der Waals surface area (Å²) in [7, 11) is 0. The monoisotopic (exact) mass is 349 g/mol. The van der Waals surface area contributed by atoms with Gasteiger partial charge in [-0.25, -0.2) is 0 Å². The van der Waals surface area contributed by atoms with Gasteiger partial charge in [-0.15, -0.1) is 0 Å². The molecule has 2 aliphatic rings. The minimum atomic E-state index is -4.46. The molecule has 2 saturated heterocycles. The van der Waals surface area contributed by atoms with Crippen LogP contribution in [0.2, 0.25) is 5.02 Å². The molecule has 7 heteroatoms. The maximum Gasteiger partial charge on any atom is 0.417 e. The van der Waals surface area contributed by atoms with Crippen LogP contribution in [-0.2, 0) is 12.7 Å². The largest absolute Gasteiger partial charge is 0.417 e. The van der Waals surface area contributed by atoms with E-state index in [4.69, 9.17) is 14.3 Å². The Morgan fingerprint density at radius 2 is 2.22 bits per heavy atom. The lowest BCUT2D eigenvalue weighted by Gasteiger charge is -2.49. The molecule has 4 unspecified atom stereocenters. The topological polar surface area (TPSA) is 18.5 Å². The summed E-state index contributed by atoms with van der Waals surface area (Å²) in [5.74, 6) is 0. The molecule has 3 nitrogen and oxygen atoms in total. The fraction of sp³-hybridized carbons (Fsp3) is 0.625. The second kappa shape index (κ2) is 6.59. The highest BCUT2D eigenvalue weighted by atomic mass is 35.5. The summed E-state index contributed by atoms with van der Waals surface area (Å²) in [5.41, 5.74) is -0.114. The van der Waals surface area contributed by atoms with Gasteiger partial charge >= 0.3 is 6.18 Å². The first kappa shape index (κ1) is 14.5. The van der Waals surface area contributed by atoms with Crippen molar-refractivity contribution in [3.05, 3.63) is 34.3 Å². The Hall–Kier alpha value is -0.820. The van der Waals surface area contributed by atoms with E-state index in [0.29, 0.717) is 31.6 Å². The SMILES string of the molecule is [2H]C1NCC2N(Cc3ccc(C(F)(F)F)c(Cl)c3)CCC([2H])N2C1C. The first-order valence-corrected chi connectivity index (χ1v) is 8.01. The van der Waals surface area contributed by atoms with E-state index in [1.54, 1.807) is 0 Å². The molecule has 3 rings (SSSR count). The summed E-state index contributed by atoms with van der Waals surface area (Å²) in [6, 6.07) is 3.75. The van der Waals surface area contributed by atoms with Gasteiger partial charge in [0.1, 0.15) is 0 Å². The zero-order valence-corrected chi connectivity index (χ0v) is 13.5. The molecular formula is C16H21ClF3N3. The van der Waals surface area contributed by atoms with E-state index in [1.165, 1.54) is 12.1 Å². The van der Waals surface area contributed by atoms with Gasteiger partial charge in [-0.05, 0) is 31.0 Å². The smallest absolute Gasteiger partial charge is 0.312 e. The van der Waals surface area contributed by atoms with E-state index in [0.717, 1.165) is 6.07 Å². The Labute approximate surface area is 142 Å². The lowest BCUT2D eigenvalue weighted by Crippen LogP contribution is -2.65. The van der Waals surface area contributed by atoms with Crippen molar-refractivity contribution in [2.45, 2.75) is 38.3 Å². The average Bonchev–Trinajstić information content (AvgIpc) is 2.52. The Kier molecular flexibility index (Phi) is 4.16. The van der Waals surface area contributed by atoms with Crippen LogP contribution in [-0.4, -0.2) is 48.1 Å².